The standard InChI is InChI=1S/C23H22N2O3/c1-16(27)17-9-11-18(12-10-17)20-6-4-7-21(15-20)24-23(28)25-22-8-3-2-5-19(22)13-14-26/h2-12,15,26H,13-14H2,1H3,(H2,24,25,28). The third-order valence-corrected chi connectivity index (χ3v) is 4.39. The molecule has 0 bridgehead atoms. The van der Waals surface area contributed by atoms with Crippen molar-refractivity contribution in [1.29, 1.82) is 0 Å². The Morgan fingerprint density at radius 2 is 1.61 bits per heavy atom. The lowest BCUT2D eigenvalue weighted by molar-refractivity contribution is 0.101. The van der Waals surface area contributed by atoms with E-state index >= 15 is 0 Å². The second-order valence-corrected chi connectivity index (χ2v) is 6.42. The van der Waals surface area contributed by atoms with Crippen LogP contribution in [-0.2, 0) is 6.42 Å². The van der Waals surface area contributed by atoms with Gasteiger partial charge in [-0.1, -0.05) is 54.6 Å². The van der Waals surface area contributed by atoms with Crippen molar-refractivity contribution in [3.8, 4) is 11.1 Å². The van der Waals surface area contributed by atoms with E-state index in [9.17, 15) is 9.59 Å². The van der Waals surface area contributed by atoms with E-state index in [1.54, 1.807) is 18.2 Å². The van der Waals surface area contributed by atoms with Crippen molar-refractivity contribution in [2.24, 2.45) is 0 Å². The molecule has 0 saturated carbocycles. The SMILES string of the molecule is CC(=O)c1ccc(-c2cccc(NC(=O)Nc3ccccc3CCO)c2)cc1. The Bertz CT molecular complexity index is 981. The summed E-state index contributed by atoms with van der Waals surface area (Å²) in [6.07, 6.45) is 0.474. The predicted molar refractivity (Wildman–Crippen MR) is 112 cm³/mol. The maximum Gasteiger partial charge on any atom is 0.323 e. The number of Topliss-reactive ketones (excluding diaryl/α,β-unsaturated/α-hetero) is 1. The number of hydrogen-bond donors (Lipinski definition) is 3. The van der Waals surface area contributed by atoms with Gasteiger partial charge in [0.1, 0.15) is 0 Å². The molecule has 0 saturated heterocycles. The van der Waals surface area contributed by atoms with Gasteiger partial charge >= 0.3 is 6.03 Å². The number of nitrogens with one attached hydrogen (secondary N) is 2. The third-order valence-electron chi connectivity index (χ3n) is 4.39. The molecule has 28 heavy (non-hydrogen) atoms. The van der Waals surface area contributed by atoms with Crippen LogP contribution < -0.4 is 10.6 Å². The van der Waals surface area contributed by atoms with E-state index in [1.807, 2.05) is 54.6 Å². The fraction of sp³-hybridized carbons (Fsp3) is 0.130. The molecule has 0 spiro atoms. The molecule has 0 radical (unpaired) electrons. The van der Waals surface area contributed by atoms with E-state index in [-0.39, 0.29) is 18.4 Å². The van der Waals surface area contributed by atoms with E-state index in [0.29, 0.717) is 23.4 Å². The molecule has 0 aromatic heterocycles. The monoisotopic (exact) mass is 374 g/mol. The molecule has 0 aliphatic carbocycles. The first kappa shape index (κ1) is 19.3. The first-order chi connectivity index (χ1) is 13.6. The van der Waals surface area contributed by atoms with E-state index in [4.69, 9.17) is 5.11 Å². The van der Waals surface area contributed by atoms with Gasteiger partial charge in [-0.25, -0.2) is 4.79 Å². The van der Waals surface area contributed by atoms with Gasteiger partial charge in [0.05, 0.1) is 0 Å². The first-order valence-electron chi connectivity index (χ1n) is 9.05. The van der Waals surface area contributed by atoms with Crippen LogP contribution in [0, 0.1) is 0 Å². The van der Waals surface area contributed by atoms with Gasteiger partial charge in [-0.3, -0.25) is 4.79 Å². The van der Waals surface area contributed by atoms with Crippen molar-refractivity contribution < 1.29 is 14.7 Å². The van der Waals surface area contributed by atoms with Gasteiger partial charge in [0, 0.05) is 23.5 Å². The predicted octanol–water partition coefficient (Wildman–Crippen LogP) is 4.74. The summed E-state index contributed by atoms with van der Waals surface area (Å²) in [5, 5.41) is 14.8. The molecule has 0 aliphatic heterocycles. The molecule has 2 amide bonds. The number of carbonyl (C=O) groups excluding carboxylic acids is 2. The lowest BCUT2D eigenvalue weighted by Gasteiger charge is -2.12. The van der Waals surface area contributed by atoms with Gasteiger partial charge in [-0.2, -0.15) is 0 Å². The lowest BCUT2D eigenvalue weighted by atomic mass is 10.0. The van der Waals surface area contributed by atoms with E-state index in [2.05, 4.69) is 10.6 Å². The Hall–Kier alpha value is -3.44. The Morgan fingerprint density at radius 1 is 0.857 bits per heavy atom. The minimum Gasteiger partial charge on any atom is -0.396 e. The zero-order chi connectivity index (χ0) is 19.9. The van der Waals surface area contributed by atoms with Gasteiger partial charge in [0.15, 0.2) is 5.78 Å². The Balaban J connectivity index is 1.72. The molecule has 5 nitrogen and oxygen atoms in total. The molecule has 0 fully saturated rings. The van der Waals surface area contributed by atoms with Crippen LogP contribution in [0.15, 0.2) is 72.8 Å². The molecule has 0 heterocycles. The Labute approximate surface area is 164 Å². The summed E-state index contributed by atoms with van der Waals surface area (Å²) in [6, 6.07) is 21.9. The maximum absolute atomic E-state index is 12.4. The molecule has 3 rings (SSSR count). The molecule has 3 aromatic rings. The quantitative estimate of drug-likeness (QED) is 0.546. The van der Waals surface area contributed by atoms with Gasteiger partial charge < -0.3 is 15.7 Å². The van der Waals surface area contributed by atoms with Gasteiger partial charge in [0.2, 0.25) is 0 Å². The van der Waals surface area contributed by atoms with Crippen molar-refractivity contribution in [2.45, 2.75) is 13.3 Å². The number of benzene rings is 3. The maximum atomic E-state index is 12.4. The fourth-order valence-electron chi connectivity index (χ4n) is 2.94. The molecule has 0 aliphatic rings. The van der Waals surface area contributed by atoms with Crippen molar-refractivity contribution in [3.05, 3.63) is 83.9 Å². The number of urea groups is 1. The number of para-hydroxylation sites is 1. The Morgan fingerprint density at radius 3 is 2.32 bits per heavy atom. The van der Waals surface area contributed by atoms with Crippen molar-refractivity contribution in [2.75, 3.05) is 17.2 Å². The van der Waals surface area contributed by atoms with Crippen LogP contribution in [0.1, 0.15) is 22.8 Å². The number of aliphatic hydroxyl groups excluding tert-OH is 1. The highest BCUT2D eigenvalue weighted by Crippen LogP contribution is 2.24. The van der Waals surface area contributed by atoms with Crippen LogP contribution in [0.25, 0.3) is 11.1 Å². The van der Waals surface area contributed by atoms with E-state index < -0.39 is 0 Å². The van der Waals surface area contributed by atoms with Gasteiger partial charge in [-0.05, 0) is 48.2 Å². The largest absolute Gasteiger partial charge is 0.396 e. The highest BCUT2D eigenvalue weighted by Gasteiger charge is 2.08. The number of anilines is 2. The molecule has 3 N–H and O–H groups in total. The zero-order valence-corrected chi connectivity index (χ0v) is 15.6. The molecule has 3 aromatic carbocycles. The van der Waals surface area contributed by atoms with Gasteiger partial charge in [-0.15, -0.1) is 0 Å². The summed E-state index contributed by atoms with van der Waals surface area (Å²) in [7, 11) is 0. The molecule has 0 unspecified atom stereocenters. The normalized spacial score (nSPS) is 10.4. The summed E-state index contributed by atoms with van der Waals surface area (Å²) < 4.78 is 0. The van der Waals surface area contributed by atoms with Crippen LogP contribution >= 0.6 is 0 Å². The number of hydrogen-bond acceptors (Lipinski definition) is 3. The number of ketones is 1. The lowest BCUT2D eigenvalue weighted by Crippen LogP contribution is -2.20. The van der Waals surface area contributed by atoms with E-state index in [1.165, 1.54) is 6.92 Å². The van der Waals surface area contributed by atoms with Crippen LogP contribution in [0.4, 0.5) is 16.2 Å². The second kappa shape index (κ2) is 8.97. The Kier molecular flexibility index (Phi) is 6.19. The smallest absolute Gasteiger partial charge is 0.323 e. The number of amides is 2. The minimum absolute atomic E-state index is 0.0186. The summed E-state index contributed by atoms with van der Waals surface area (Å²) >= 11 is 0. The van der Waals surface area contributed by atoms with Gasteiger partial charge in [0.25, 0.3) is 0 Å². The van der Waals surface area contributed by atoms with Crippen LogP contribution in [0.5, 0.6) is 0 Å². The number of aliphatic hydroxyl groups is 1. The highest BCUT2D eigenvalue weighted by molar-refractivity contribution is 6.00. The van der Waals surface area contributed by atoms with Crippen molar-refractivity contribution >= 4 is 23.2 Å². The van der Waals surface area contributed by atoms with Crippen molar-refractivity contribution in [3.63, 3.8) is 0 Å². The number of rotatable bonds is 6. The molecular weight excluding hydrogens is 352 g/mol. The van der Waals surface area contributed by atoms with Crippen LogP contribution in [-0.4, -0.2) is 23.5 Å². The summed E-state index contributed by atoms with van der Waals surface area (Å²) in [4.78, 5) is 23.8. The zero-order valence-electron chi connectivity index (χ0n) is 15.6. The second-order valence-electron chi connectivity index (χ2n) is 6.42. The van der Waals surface area contributed by atoms with Crippen LogP contribution in [0.2, 0.25) is 0 Å². The molecule has 142 valence electrons. The minimum atomic E-state index is -0.352. The highest BCUT2D eigenvalue weighted by atomic mass is 16.3. The average molecular weight is 374 g/mol. The molecular formula is C23H22N2O3. The summed E-state index contributed by atoms with van der Waals surface area (Å²) in [6.45, 7) is 1.56. The summed E-state index contributed by atoms with van der Waals surface area (Å²) in [5.41, 5.74) is 4.77. The number of carbonyl (C=O) groups is 2. The van der Waals surface area contributed by atoms with Crippen molar-refractivity contribution in [1.82, 2.24) is 0 Å². The molecule has 0 atom stereocenters. The fourth-order valence-corrected chi connectivity index (χ4v) is 2.94. The topological polar surface area (TPSA) is 78.4 Å². The third kappa shape index (κ3) is 4.84. The summed E-state index contributed by atoms with van der Waals surface area (Å²) in [5.74, 6) is 0.0279. The average Bonchev–Trinajstić information content (AvgIpc) is 2.70. The molecule has 5 heteroatoms. The first-order valence-corrected chi connectivity index (χ1v) is 9.05. The van der Waals surface area contributed by atoms with E-state index in [0.717, 1.165) is 16.7 Å². The van der Waals surface area contributed by atoms with Crippen LogP contribution in [0.3, 0.4) is 0 Å².